The Labute approximate surface area is 155 Å². The second-order valence-electron chi connectivity index (χ2n) is 7.26. The molecule has 3 rings (SSSR count). The smallest absolute Gasteiger partial charge is 0.271 e. The summed E-state index contributed by atoms with van der Waals surface area (Å²) >= 11 is 0. The van der Waals surface area contributed by atoms with Crippen molar-refractivity contribution in [3.05, 3.63) is 24.3 Å². The molecule has 142 valence electrons. The number of aromatic nitrogens is 2. The lowest BCUT2D eigenvalue weighted by atomic mass is 9.83. The summed E-state index contributed by atoms with van der Waals surface area (Å²) in [5.41, 5.74) is 0.297. The maximum absolute atomic E-state index is 12.1. The molecule has 26 heavy (non-hydrogen) atoms. The minimum atomic E-state index is -0.252. The number of carbonyl (C=O) groups is 2. The third-order valence-corrected chi connectivity index (χ3v) is 5.45. The van der Waals surface area contributed by atoms with Gasteiger partial charge in [0.15, 0.2) is 0 Å². The van der Waals surface area contributed by atoms with Crippen LogP contribution in [0.1, 0.15) is 55.4 Å². The summed E-state index contributed by atoms with van der Waals surface area (Å²) in [6.07, 6.45) is 11.9. The Morgan fingerprint density at radius 3 is 2.85 bits per heavy atom. The van der Waals surface area contributed by atoms with Gasteiger partial charge in [0.2, 0.25) is 5.91 Å². The topological polar surface area (TPSA) is 87.2 Å². The van der Waals surface area contributed by atoms with Gasteiger partial charge < -0.3 is 15.5 Å². The normalized spacial score (nSPS) is 23.1. The average molecular weight is 359 g/mol. The van der Waals surface area contributed by atoms with Gasteiger partial charge >= 0.3 is 0 Å². The molecule has 2 aliphatic rings. The molecule has 7 heteroatoms. The van der Waals surface area contributed by atoms with Crippen LogP contribution < -0.4 is 10.6 Å². The minimum absolute atomic E-state index is 0.0756. The van der Waals surface area contributed by atoms with Crippen molar-refractivity contribution in [2.24, 2.45) is 5.92 Å². The van der Waals surface area contributed by atoms with E-state index in [1.807, 2.05) is 0 Å². The molecule has 2 aliphatic heterocycles. The highest BCUT2D eigenvalue weighted by atomic mass is 16.2. The van der Waals surface area contributed by atoms with E-state index >= 15 is 0 Å². The standard InChI is InChI=1S/C19H29N5O2/c25-18(7-3-8-22-19(26)16-14-20-9-10-21-16)23-13-15-5-4-12-24-11-2-1-6-17(15)24/h9-10,14-15,17H,1-8,11-13H2,(H,22,26)(H,23,25). The Hall–Kier alpha value is -2.02. The molecule has 7 nitrogen and oxygen atoms in total. The van der Waals surface area contributed by atoms with Gasteiger partial charge in [0, 0.05) is 37.9 Å². The van der Waals surface area contributed by atoms with Gasteiger partial charge in [0.05, 0.1) is 6.20 Å². The average Bonchev–Trinajstić information content (AvgIpc) is 2.70. The number of hydrogen-bond acceptors (Lipinski definition) is 5. The molecular formula is C19H29N5O2. The maximum Gasteiger partial charge on any atom is 0.271 e. The van der Waals surface area contributed by atoms with Crippen LogP contribution in [0.2, 0.25) is 0 Å². The molecule has 0 spiro atoms. The summed E-state index contributed by atoms with van der Waals surface area (Å²) in [5, 5.41) is 5.87. The van der Waals surface area contributed by atoms with Crippen molar-refractivity contribution in [1.29, 1.82) is 0 Å². The molecule has 2 atom stereocenters. The first-order chi connectivity index (χ1) is 12.7. The highest BCUT2D eigenvalue weighted by Gasteiger charge is 2.32. The zero-order valence-corrected chi connectivity index (χ0v) is 15.3. The summed E-state index contributed by atoms with van der Waals surface area (Å²) in [6.45, 7) is 3.69. The van der Waals surface area contributed by atoms with Crippen LogP contribution in [0.15, 0.2) is 18.6 Å². The van der Waals surface area contributed by atoms with E-state index in [1.54, 1.807) is 0 Å². The fourth-order valence-corrected chi connectivity index (χ4v) is 4.11. The zero-order chi connectivity index (χ0) is 18.2. The molecule has 0 aromatic carbocycles. The number of rotatable bonds is 7. The Bertz CT molecular complexity index is 593. The van der Waals surface area contributed by atoms with Crippen molar-refractivity contribution < 1.29 is 9.59 Å². The van der Waals surface area contributed by atoms with Gasteiger partial charge in [-0.3, -0.25) is 14.6 Å². The van der Waals surface area contributed by atoms with Crippen molar-refractivity contribution in [3.8, 4) is 0 Å². The first-order valence-corrected chi connectivity index (χ1v) is 9.79. The third kappa shape index (κ3) is 5.24. The van der Waals surface area contributed by atoms with Crippen molar-refractivity contribution in [3.63, 3.8) is 0 Å². The van der Waals surface area contributed by atoms with Gasteiger partial charge in [-0.2, -0.15) is 0 Å². The van der Waals surface area contributed by atoms with Gasteiger partial charge in [-0.05, 0) is 51.1 Å². The van der Waals surface area contributed by atoms with Gasteiger partial charge in [0.1, 0.15) is 5.69 Å². The largest absolute Gasteiger partial charge is 0.356 e. The molecule has 2 amide bonds. The van der Waals surface area contributed by atoms with E-state index in [0.29, 0.717) is 37.0 Å². The van der Waals surface area contributed by atoms with Crippen LogP contribution in [-0.2, 0) is 4.79 Å². The maximum atomic E-state index is 12.1. The first kappa shape index (κ1) is 18.8. The molecule has 3 heterocycles. The van der Waals surface area contributed by atoms with Crippen LogP contribution in [0.4, 0.5) is 0 Å². The number of piperidine rings is 2. The summed E-state index contributed by atoms with van der Waals surface area (Å²) in [6, 6.07) is 0.657. The summed E-state index contributed by atoms with van der Waals surface area (Å²) in [4.78, 5) is 34.4. The highest BCUT2D eigenvalue weighted by Crippen LogP contribution is 2.30. The summed E-state index contributed by atoms with van der Waals surface area (Å²) < 4.78 is 0. The number of fused-ring (bicyclic) bond motifs is 1. The molecule has 0 saturated carbocycles. The molecule has 2 saturated heterocycles. The lowest BCUT2D eigenvalue weighted by Gasteiger charge is -2.44. The van der Waals surface area contributed by atoms with E-state index in [9.17, 15) is 9.59 Å². The van der Waals surface area contributed by atoms with E-state index in [-0.39, 0.29) is 11.8 Å². The van der Waals surface area contributed by atoms with Crippen LogP contribution >= 0.6 is 0 Å². The molecule has 2 fully saturated rings. The molecular weight excluding hydrogens is 330 g/mol. The van der Waals surface area contributed by atoms with Crippen LogP contribution in [-0.4, -0.2) is 58.9 Å². The Morgan fingerprint density at radius 2 is 2.00 bits per heavy atom. The van der Waals surface area contributed by atoms with E-state index in [2.05, 4.69) is 25.5 Å². The lowest BCUT2D eigenvalue weighted by Crippen LogP contribution is -2.51. The van der Waals surface area contributed by atoms with Gasteiger partial charge in [-0.1, -0.05) is 6.42 Å². The zero-order valence-electron chi connectivity index (χ0n) is 15.3. The first-order valence-electron chi connectivity index (χ1n) is 9.79. The monoisotopic (exact) mass is 359 g/mol. The molecule has 0 radical (unpaired) electrons. The van der Waals surface area contributed by atoms with Gasteiger partial charge in [0.25, 0.3) is 5.91 Å². The number of hydrogen-bond donors (Lipinski definition) is 2. The number of carbonyl (C=O) groups excluding carboxylic acids is 2. The minimum Gasteiger partial charge on any atom is -0.356 e. The predicted octanol–water partition coefficient (Wildman–Crippen LogP) is 1.37. The quantitative estimate of drug-likeness (QED) is 0.718. The Balaban J connectivity index is 1.31. The van der Waals surface area contributed by atoms with Crippen molar-refractivity contribution in [2.75, 3.05) is 26.2 Å². The van der Waals surface area contributed by atoms with Gasteiger partial charge in [-0.15, -0.1) is 0 Å². The predicted molar refractivity (Wildman–Crippen MR) is 98.5 cm³/mol. The summed E-state index contributed by atoms with van der Waals surface area (Å²) in [7, 11) is 0. The molecule has 1 aromatic heterocycles. The third-order valence-electron chi connectivity index (χ3n) is 5.45. The van der Waals surface area contributed by atoms with E-state index < -0.39 is 0 Å². The molecule has 1 aromatic rings. The second kappa shape index (κ2) is 9.62. The van der Waals surface area contributed by atoms with Crippen LogP contribution in [0, 0.1) is 5.92 Å². The summed E-state index contributed by atoms with van der Waals surface area (Å²) in [5.74, 6) is 0.411. The van der Waals surface area contributed by atoms with E-state index in [0.717, 1.165) is 6.54 Å². The highest BCUT2D eigenvalue weighted by molar-refractivity contribution is 5.91. The molecule has 0 aliphatic carbocycles. The number of amides is 2. The van der Waals surface area contributed by atoms with Crippen LogP contribution in [0.3, 0.4) is 0 Å². The number of nitrogens with one attached hydrogen (secondary N) is 2. The van der Waals surface area contributed by atoms with Crippen LogP contribution in [0.5, 0.6) is 0 Å². The Morgan fingerprint density at radius 1 is 1.12 bits per heavy atom. The Kier molecular flexibility index (Phi) is 6.94. The fourth-order valence-electron chi connectivity index (χ4n) is 4.11. The lowest BCUT2D eigenvalue weighted by molar-refractivity contribution is -0.121. The second-order valence-corrected chi connectivity index (χ2v) is 7.26. The number of nitrogens with zero attached hydrogens (tertiary/aromatic N) is 3. The van der Waals surface area contributed by atoms with Crippen molar-refractivity contribution in [1.82, 2.24) is 25.5 Å². The molecule has 0 bridgehead atoms. The molecule has 2 N–H and O–H groups in total. The van der Waals surface area contributed by atoms with E-state index in [4.69, 9.17) is 0 Å². The van der Waals surface area contributed by atoms with E-state index in [1.165, 1.54) is 63.8 Å². The molecule has 2 unspecified atom stereocenters. The fraction of sp³-hybridized carbons (Fsp3) is 0.684. The van der Waals surface area contributed by atoms with Crippen molar-refractivity contribution in [2.45, 2.75) is 51.0 Å². The van der Waals surface area contributed by atoms with Gasteiger partial charge in [-0.25, -0.2) is 4.98 Å². The SMILES string of the molecule is O=C(CCCNC(=O)c1cnccn1)NCC1CCCN2CCCCC12. The van der Waals surface area contributed by atoms with Crippen LogP contribution in [0.25, 0.3) is 0 Å². The van der Waals surface area contributed by atoms with Crippen molar-refractivity contribution >= 4 is 11.8 Å².